The number of fused-ring (bicyclic) bond motifs is 4. The zero-order chi connectivity index (χ0) is 29.7. The Morgan fingerprint density at radius 1 is 0.977 bits per heavy atom. The molecular weight excluding hydrogens is 564 g/mol. The van der Waals surface area contributed by atoms with Gasteiger partial charge in [0.1, 0.15) is 17.8 Å². The molecule has 43 heavy (non-hydrogen) atoms. The first kappa shape index (κ1) is 26.8. The van der Waals surface area contributed by atoms with E-state index in [1.54, 1.807) is 42.3 Å². The molecule has 2 aliphatic rings. The van der Waals surface area contributed by atoms with E-state index in [9.17, 15) is 14.4 Å². The number of amides is 4. The topological polar surface area (TPSA) is 94.7 Å². The maximum Gasteiger partial charge on any atom is 0.332 e. The van der Waals surface area contributed by atoms with Crippen molar-refractivity contribution in [1.29, 1.82) is 0 Å². The van der Waals surface area contributed by atoms with Crippen LogP contribution in [0.3, 0.4) is 0 Å². The number of urea groups is 1. The molecule has 1 aromatic heterocycles. The van der Waals surface area contributed by atoms with Gasteiger partial charge in [-0.1, -0.05) is 66.2 Å². The molecule has 2 atom stereocenters. The maximum atomic E-state index is 14.3. The number of imide groups is 1. The lowest BCUT2D eigenvalue weighted by atomic mass is 9.89. The Balaban J connectivity index is 1.26. The number of ether oxygens (including phenoxy) is 1. The molecule has 0 spiro atoms. The number of hydrogen-bond acceptors (Lipinski definition) is 4. The summed E-state index contributed by atoms with van der Waals surface area (Å²) in [6.45, 7) is 0.250. The van der Waals surface area contributed by atoms with Crippen LogP contribution in [0.2, 0.25) is 5.02 Å². The smallest absolute Gasteiger partial charge is 0.332 e. The number of nitrogens with one attached hydrogen (secondary N) is 2. The quantitative estimate of drug-likeness (QED) is 0.229. The Bertz CT molecular complexity index is 1920. The first-order valence-electron chi connectivity index (χ1n) is 14.0. The van der Waals surface area contributed by atoms with E-state index in [1.165, 1.54) is 0 Å². The molecule has 0 bridgehead atoms. The van der Waals surface area contributed by atoms with Gasteiger partial charge >= 0.3 is 6.03 Å². The van der Waals surface area contributed by atoms with Crippen LogP contribution in [0.25, 0.3) is 10.9 Å². The van der Waals surface area contributed by atoms with Gasteiger partial charge in [-0.3, -0.25) is 14.5 Å². The van der Waals surface area contributed by atoms with E-state index in [1.807, 2.05) is 66.7 Å². The van der Waals surface area contributed by atoms with Gasteiger partial charge in [-0.05, 0) is 59.2 Å². The van der Waals surface area contributed by atoms with Crippen molar-refractivity contribution in [3.8, 4) is 5.75 Å². The van der Waals surface area contributed by atoms with Crippen LogP contribution < -0.4 is 15.0 Å². The summed E-state index contributed by atoms with van der Waals surface area (Å²) in [5.41, 5.74) is 4.91. The van der Waals surface area contributed by atoms with Crippen LogP contribution in [0, 0.1) is 0 Å². The zero-order valence-electron chi connectivity index (χ0n) is 23.2. The number of carbonyl (C=O) groups is 3. The fourth-order valence-corrected chi connectivity index (χ4v) is 6.44. The molecule has 4 aromatic carbocycles. The normalized spacial score (nSPS) is 17.6. The summed E-state index contributed by atoms with van der Waals surface area (Å²) in [6, 6.07) is 27.6. The number of methoxy groups -OCH3 is 1. The second-order valence-electron chi connectivity index (χ2n) is 10.7. The third kappa shape index (κ3) is 4.51. The van der Waals surface area contributed by atoms with Crippen LogP contribution >= 0.6 is 11.6 Å². The minimum absolute atomic E-state index is 0.232. The molecule has 0 radical (unpaired) electrons. The van der Waals surface area contributed by atoms with Crippen LogP contribution in [-0.4, -0.2) is 40.9 Å². The molecule has 0 aliphatic carbocycles. The van der Waals surface area contributed by atoms with Crippen molar-refractivity contribution in [3.05, 3.63) is 130 Å². The Kier molecular flexibility index (Phi) is 6.63. The fourth-order valence-electron chi connectivity index (χ4n) is 6.24. The van der Waals surface area contributed by atoms with Crippen LogP contribution in [0.5, 0.6) is 5.75 Å². The molecule has 3 heterocycles. The van der Waals surface area contributed by atoms with Gasteiger partial charge in [0.2, 0.25) is 0 Å². The van der Waals surface area contributed by atoms with Gasteiger partial charge in [0.05, 0.1) is 18.4 Å². The van der Waals surface area contributed by atoms with Gasteiger partial charge in [-0.25, -0.2) is 9.69 Å². The summed E-state index contributed by atoms with van der Waals surface area (Å²) < 4.78 is 5.28. The second-order valence-corrected chi connectivity index (χ2v) is 11.1. The highest BCUT2D eigenvalue weighted by Crippen LogP contribution is 2.45. The van der Waals surface area contributed by atoms with Gasteiger partial charge in [0.25, 0.3) is 11.8 Å². The van der Waals surface area contributed by atoms with Crippen LogP contribution in [-0.2, 0) is 17.8 Å². The predicted molar refractivity (Wildman–Crippen MR) is 164 cm³/mol. The van der Waals surface area contributed by atoms with Crippen LogP contribution in [0.15, 0.2) is 97.1 Å². The van der Waals surface area contributed by atoms with Crippen molar-refractivity contribution < 1.29 is 19.1 Å². The number of hydrogen-bond donors (Lipinski definition) is 2. The third-order valence-corrected chi connectivity index (χ3v) is 8.43. The van der Waals surface area contributed by atoms with E-state index in [0.717, 1.165) is 38.2 Å². The van der Waals surface area contributed by atoms with E-state index in [4.69, 9.17) is 16.3 Å². The third-order valence-electron chi connectivity index (χ3n) is 8.19. The lowest BCUT2D eigenvalue weighted by Crippen LogP contribution is -2.44. The highest BCUT2D eigenvalue weighted by molar-refractivity contribution is 6.30. The van der Waals surface area contributed by atoms with Gasteiger partial charge < -0.3 is 15.0 Å². The summed E-state index contributed by atoms with van der Waals surface area (Å²) in [5.74, 6) is -0.0866. The van der Waals surface area contributed by atoms with Crippen molar-refractivity contribution in [3.63, 3.8) is 0 Å². The molecule has 1 fully saturated rings. The molecule has 1 saturated heterocycles. The van der Waals surface area contributed by atoms with Gasteiger partial charge in [-0.2, -0.15) is 0 Å². The Labute approximate surface area is 252 Å². The molecule has 8 nitrogen and oxygen atoms in total. The highest BCUT2D eigenvalue weighted by atomic mass is 35.5. The number of H-pyrrole nitrogens is 1. The number of benzene rings is 4. The first-order chi connectivity index (χ1) is 20.9. The van der Waals surface area contributed by atoms with Crippen molar-refractivity contribution in [2.75, 3.05) is 12.0 Å². The molecule has 2 N–H and O–H groups in total. The van der Waals surface area contributed by atoms with Gasteiger partial charge in [0, 0.05) is 34.6 Å². The number of aromatic nitrogens is 1. The van der Waals surface area contributed by atoms with E-state index in [-0.39, 0.29) is 23.7 Å². The van der Waals surface area contributed by atoms with Gasteiger partial charge in [0.15, 0.2) is 0 Å². The van der Waals surface area contributed by atoms with Crippen molar-refractivity contribution in [2.45, 2.75) is 25.0 Å². The number of nitrogens with zero attached hydrogens (tertiary/aromatic N) is 2. The zero-order valence-corrected chi connectivity index (χ0v) is 24.0. The van der Waals surface area contributed by atoms with Crippen LogP contribution in [0.1, 0.15) is 38.8 Å². The van der Waals surface area contributed by atoms with Crippen LogP contribution in [0.4, 0.5) is 10.5 Å². The summed E-state index contributed by atoms with van der Waals surface area (Å²) >= 11 is 6.41. The van der Waals surface area contributed by atoms with Gasteiger partial charge in [-0.15, -0.1) is 0 Å². The molecule has 7 rings (SSSR count). The summed E-state index contributed by atoms with van der Waals surface area (Å²) in [6.07, 6.45) is 0.349. The number of rotatable bonds is 6. The lowest BCUT2D eigenvalue weighted by molar-refractivity contribution is -0.120. The molecular formula is C34H27ClN4O4. The van der Waals surface area contributed by atoms with Crippen molar-refractivity contribution in [1.82, 2.24) is 15.2 Å². The molecule has 214 valence electrons. The molecule has 2 aliphatic heterocycles. The molecule has 0 unspecified atom stereocenters. The molecule has 9 heteroatoms. The fraction of sp³-hybridized carbons (Fsp3) is 0.147. The summed E-state index contributed by atoms with van der Waals surface area (Å²) in [7, 11) is 1.58. The average molecular weight is 591 g/mol. The molecule has 5 aromatic rings. The lowest BCUT2D eigenvalue weighted by Gasteiger charge is -2.36. The monoisotopic (exact) mass is 590 g/mol. The first-order valence-corrected chi connectivity index (χ1v) is 14.3. The summed E-state index contributed by atoms with van der Waals surface area (Å²) in [4.78, 5) is 48.2. The number of carbonyl (C=O) groups excluding carboxylic acids is 3. The summed E-state index contributed by atoms with van der Waals surface area (Å²) in [5, 5.41) is 4.46. The minimum Gasteiger partial charge on any atom is -0.497 e. The van der Waals surface area contributed by atoms with E-state index >= 15 is 0 Å². The van der Waals surface area contributed by atoms with E-state index in [0.29, 0.717) is 17.2 Å². The predicted octanol–water partition coefficient (Wildman–Crippen LogP) is 6.24. The van der Waals surface area contributed by atoms with E-state index < -0.39 is 24.0 Å². The number of para-hydroxylation sites is 2. The van der Waals surface area contributed by atoms with E-state index in [2.05, 4.69) is 10.3 Å². The Morgan fingerprint density at radius 2 is 1.77 bits per heavy atom. The van der Waals surface area contributed by atoms with Crippen molar-refractivity contribution >= 4 is 46.0 Å². The second kappa shape index (κ2) is 10.6. The highest BCUT2D eigenvalue weighted by Gasteiger charge is 2.53. The number of anilines is 1. The average Bonchev–Trinajstić information content (AvgIpc) is 3.52. The standard InChI is InChI=1S/C34H27ClN4O4/c1-43-23-11-6-8-20(16-23)19-36-32(40)25-13-3-5-15-28(25)39-33(41)29-18-26-24-12-2-4-14-27(24)37-30(26)31(38(29)34(39)42)21-9-7-10-22(35)17-21/h2-17,29,31,37H,18-19H2,1H3,(H,36,40)/t29-,31+/m0/s1. The Morgan fingerprint density at radius 3 is 2.60 bits per heavy atom. The minimum atomic E-state index is -0.754. The number of halogens is 1. The molecule has 0 saturated carbocycles. The van der Waals surface area contributed by atoms with Crippen molar-refractivity contribution in [2.24, 2.45) is 0 Å². The number of aromatic amines is 1. The molecule has 4 amide bonds. The maximum absolute atomic E-state index is 14.3. The Hall–Kier alpha value is -5.08. The SMILES string of the molecule is COc1cccc(CNC(=O)c2ccccc2N2C(=O)[C@@H]3Cc4c([nH]c5ccccc45)[C@@H](c4cccc(Cl)c4)N3C2=O)c1. The largest absolute Gasteiger partial charge is 0.497 e.